The van der Waals surface area contributed by atoms with E-state index in [-0.39, 0.29) is 0 Å². The van der Waals surface area contributed by atoms with Crippen molar-refractivity contribution in [2.75, 3.05) is 5.32 Å². The van der Waals surface area contributed by atoms with Crippen LogP contribution in [0.5, 0.6) is 0 Å². The number of ether oxygens (including phenoxy) is 1. The second-order valence-corrected chi connectivity index (χ2v) is 5.94. The van der Waals surface area contributed by atoms with Gasteiger partial charge in [-0.05, 0) is 51.1 Å². The summed E-state index contributed by atoms with van der Waals surface area (Å²) in [6.45, 7) is 5.44. The molecule has 0 aliphatic carbocycles. The fourth-order valence-corrected chi connectivity index (χ4v) is 1.96. The summed E-state index contributed by atoms with van der Waals surface area (Å²) in [4.78, 5) is 16.0. The summed E-state index contributed by atoms with van der Waals surface area (Å²) in [7, 11) is 0. The molecule has 0 fully saturated rings. The summed E-state index contributed by atoms with van der Waals surface area (Å²) in [5, 5.41) is 3.26. The maximum atomic E-state index is 11.8. The van der Waals surface area contributed by atoms with Crippen molar-refractivity contribution in [3.05, 3.63) is 47.6 Å². The number of carbonyl (C=O) groups is 1. The highest BCUT2D eigenvalue weighted by atomic mass is 35.5. The minimum absolute atomic E-state index is 0.503. The number of hydrogen-bond acceptors (Lipinski definition) is 3. The van der Waals surface area contributed by atoms with Crippen LogP contribution in [0, 0.1) is 0 Å². The lowest BCUT2D eigenvalue weighted by Gasteiger charge is -2.19. The maximum Gasteiger partial charge on any atom is 0.412 e. The van der Waals surface area contributed by atoms with E-state index in [4.69, 9.17) is 16.3 Å². The molecule has 0 bridgehead atoms. The van der Waals surface area contributed by atoms with E-state index in [1.165, 1.54) is 0 Å². The monoisotopic (exact) mass is 304 g/mol. The number of amides is 1. The number of hydrogen-bond donors (Lipinski definition) is 1. The topological polar surface area (TPSA) is 51.2 Å². The fourth-order valence-electron chi connectivity index (χ4n) is 1.74. The quantitative estimate of drug-likeness (QED) is 0.871. The van der Waals surface area contributed by atoms with E-state index in [1.54, 1.807) is 24.4 Å². The van der Waals surface area contributed by atoms with Crippen molar-refractivity contribution in [1.82, 2.24) is 4.98 Å². The molecule has 1 aromatic carbocycles. The molecule has 0 spiro atoms. The highest BCUT2D eigenvalue weighted by Gasteiger charge is 2.16. The van der Waals surface area contributed by atoms with Crippen molar-refractivity contribution in [3.8, 4) is 11.3 Å². The van der Waals surface area contributed by atoms with Gasteiger partial charge in [0.15, 0.2) is 0 Å². The number of benzene rings is 1. The Labute approximate surface area is 129 Å². The van der Waals surface area contributed by atoms with Gasteiger partial charge in [0.05, 0.1) is 10.7 Å². The van der Waals surface area contributed by atoms with Gasteiger partial charge in [0.1, 0.15) is 5.60 Å². The molecular weight excluding hydrogens is 288 g/mol. The van der Waals surface area contributed by atoms with Gasteiger partial charge >= 0.3 is 6.09 Å². The predicted octanol–water partition coefficient (Wildman–Crippen LogP) is 4.75. The third-order valence-electron chi connectivity index (χ3n) is 2.55. The maximum absolute atomic E-state index is 11.8. The van der Waals surface area contributed by atoms with Crippen LogP contribution in [0.1, 0.15) is 20.8 Å². The third kappa shape index (κ3) is 4.46. The smallest absolute Gasteiger partial charge is 0.412 e. The lowest BCUT2D eigenvalue weighted by molar-refractivity contribution is 0.0636. The molecule has 5 heteroatoms. The van der Waals surface area contributed by atoms with Crippen molar-refractivity contribution in [1.29, 1.82) is 0 Å². The zero-order chi connectivity index (χ0) is 15.5. The minimum atomic E-state index is -0.541. The molecule has 110 valence electrons. The number of nitrogens with one attached hydrogen (secondary N) is 1. The van der Waals surface area contributed by atoms with Gasteiger partial charge in [-0.25, -0.2) is 4.79 Å². The van der Waals surface area contributed by atoms with E-state index in [1.807, 2.05) is 39.0 Å². The Morgan fingerprint density at radius 1 is 1.24 bits per heavy atom. The summed E-state index contributed by atoms with van der Waals surface area (Å²) >= 11 is 6.19. The van der Waals surface area contributed by atoms with Gasteiger partial charge < -0.3 is 4.74 Å². The molecule has 0 radical (unpaired) electrons. The van der Waals surface area contributed by atoms with E-state index in [0.717, 1.165) is 11.3 Å². The molecule has 1 heterocycles. The molecule has 0 aliphatic heterocycles. The zero-order valence-electron chi connectivity index (χ0n) is 12.2. The molecule has 1 N–H and O–H groups in total. The summed E-state index contributed by atoms with van der Waals surface area (Å²) in [5.41, 5.74) is 1.57. The van der Waals surface area contributed by atoms with Gasteiger partial charge in [0.25, 0.3) is 0 Å². The van der Waals surface area contributed by atoms with E-state index in [0.29, 0.717) is 10.7 Å². The van der Waals surface area contributed by atoms with Crippen LogP contribution in [0.25, 0.3) is 11.3 Å². The number of rotatable bonds is 2. The first-order valence-corrected chi connectivity index (χ1v) is 6.94. The summed E-state index contributed by atoms with van der Waals surface area (Å²) in [6.07, 6.45) is 1.19. The van der Waals surface area contributed by atoms with Crippen LogP contribution in [-0.2, 0) is 4.74 Å². The molecule has 0 unspecified atom stereocenters. The number of carbonyl (C=O) groups excluding carboxylic acids is 1. The van der Waals surface area contributed by atoms with Crippen LogP contribution < -0.4 is 5.32 Å². The van der Waals surface area contributed by atoms with Crippen LogP contribution in [0.15, 0.2) is 42.6 Å². The first kappa shape index (κ1) is 15.3. The Bertz CT molecular complexity index is 636. The molecule has 21 heavy (non-hydrogen) atoms. The average molecular weight is 305 g/mol. The zero-order valence-corrected chi connectivity index (χ0v) is 12.9. The number of anilines is 1. The number of nitrogens with zero attached hydrogens (tertiary/aromatic N) is 1. The second-order valence-electron chi connectivity index (χ2n) is 5.54. The van der Waals surface area contributed by atoms with Crippen molar-refractivity contribution in [2.24, 2.45) is 0 Å². The highest BCUT2D eigenvalue weighted by molar-refractivity contribution is 6.33. The van der Waals surface area contributed by atoms with Crippen LogP contribution in [0.3, 0.4) is 0 Å². The van der Waals surface area contributed by atoms with E-state index >= 15 is 0 Å². The Morgan fingerprint density at radius 2 is 2.00 bits per heavy atom. The molecular formula is C16H17ClN2O2. The van der Waals surface area contributed by atoms with Gasteiger partial charge in [0.2, 0.25) is 0 Å². The van der Waals surface area contributed by atoms with Gasteiger partial charge in [-0.2, -0.15) is 0 Å². The van der Waals surface area contributed by atoms with Crippen LogP contribution in [0.4, 0.5) is 10.5 Å². The van der Waals surface area contributed by atoms with Crippen LogP contribution >= 0.6 is 11.6 Å². The SMILES string of the molecule is CC(C)(C)OC(=O)Nc1ccc(Cl)c(-c2ccccn2)c1. The molecule has 0 saturated heterocycles. The lowest BCUT2D eigenvalue weighted by Crippen LogP contribution is -2.27. The van der Waals surface area contributed by atoms with Crippen molar-refractivity contribution in [3.63, 3.8) is 0 Å². The largest absolute Gasteiger partial charge is 0.444 e. The Morgan fingerprint density at radius 3 is 2.62 bits per heavy atom. The first-order chi connectivity index (χ1) is 9.85. The van der Waals surface area contributed by atoms with Crippen LogP contribution in [0.2, 0.25) is 5.02 Å². The molecule has 2 rings (SSSR count). The van der Waals surface area contributed by atoms with Gasteiger partial charge in [-0.3, -0.25) is 10.3 Å². The summed E-state index contributed by atoms with van der Waals surface area (Å²) in [5.74, 6) is 0. The average Bonchev–Trinajstić information content (AvgIpc) is 2.40. The van der Waals surface area contributed by atoms with Crippen molar-refractivity contribution in [2.45, 2.75) is 26.4 Å². The molecule has 0 aliphatic rings. The summed E-state index contributed by atoms with van der Waals surface area (Å²) < 4.78 is 5.22. The van der Waals surface area contributed by atoms with Gasteiger partial charge in [0, 0.05) is 17.4 Å². The highest BCUT2D eigenvalue weighted by Crippen LogP contribution is 2.29. The van der Waals surface area contributed by atoms with Crippen molar-refractivity contribution < 1.29 is 9.53 Å². The number of pyridine rings is 1. The Kier molecular flexibility index (Phi) is 4.48. The Balaban J connectivity index is 2.22. The lowest BCUT2D eigenvalue weighted by atomic mass is 10.1. The third-order valence-corrected chi connectivity index (χ3v) is 2.88. The molecule has 4 nitrogen and oxygen atoms in total. The van der Waals surface area contributed by atoms with Gasteiger partial charge in [-0.1, -0.05) is 17.7 Å². The Hall–Kier alpha value is -2.07. The molecule has 0 atom stereocenters. The van der Waals surface area contributed by atoms with E-state index in [9.17, 15) is 4.79 Å². The molecule has 1 aromatic heterocycles. The minimum Gasteiger partial charge on any atom is -0.444 e. The molecule has 1 amide bonds. The second kappa shape index (κ2) is 6.14. The number of halogens is 1. The van der Waals surface area contributed by atoms with Gasteiger partial charge in [-0.15, -0.1) is 0 Å². The van der Waals surface area contributed by atoms with Crippen molar-refractivity contribution >= 4 is 23.4 Å². The first-order valence-electron chi connectivity index (χ1n) is 6.56. The predicted molar refractivity (Wildman–Crippen MR) is 84.5 cm³/mol. The standard InChI is InChI=1S/C16H17ClN2O2/c1-16(2,3)21-15(20)19-11-7-8-13(17)12(10-11)14-6-4-5-9-18-14/h4-10H,1-3H3,(H,19,20). The fraction of sp³-hybridized carbons (Fsp3) is 0.250. The summed E-state index contributed by atoms with van der Waals surface area (Å²) in [6, 6.07) is 10.8. The van der Waals surface area contributed by atoms with Crippen LogP contribution in [-0.4, -0.2) is 16.7 Å². The molecule has 0 saturated carbocycles. The number of aromatic nitrogens is 1. The van der Waals surface area contributed by atoms with E-state index in [2.05, 4.69) is 10.3 Å². The van der Waals surface area contributed by atoms with E-state index < -0.39 is 11.7 Å². The normalized spacial score (nSPS) is 11.0. The molecule has 2 aromatic rings.